The number of sulfonamides is 1. The summed E-state index contributed by atoms with van der Waals surface area (Å²) in [6.45, 7) is 7.29. The minimum atomic E-state index is -4.12. The van der Waals surface area contributed by atoms with Crippen molar-refractivity contribution in [3.63, 3.8) is 0 Å². The number of methoxy groups -OCH3 is 1. The lowest BCUT2D eigenvalue weighted by atomic mass is 9.95. The molecule has 0 bridgehead atoms. The van der Waals surface area contributed by atoms with E-state index in [1.165, 1.54) is 4.90 Å². The van der Waals surface area contributed by atoms with Gasteiger partial charge >= 0.3 is 0 Å². The summed E-state index contributed by atoms with van der Waals surface area (Å²) >= 11 is 0. The Morgan fingerprint density at radius 3 is 2.27 bits per heavy atom. The molecule has 1 saturated carbocycles. The maximum atomic E-state index is 14.4. The minimum absolute atomic E-state index is 0.0769. The molecule has 44 heavy (non-hydrogen) atoms. The molecule has 8 nitrogen and oxygen atoms in total. The van der Waals surface area contributed by atoms with Crippen molar-refractivity contribution in [2.45, 2.75) is 89.7 Å². The largest absolute Gasteiger partial charge is 0.497 e. The Kier molecular flexibility index (Phi) is 11.1. The smallest absolute Gasteiger partial charge is 0.264 e. The zero-order chi connectivity index (χ0) is 31.9. The van der Waals surface area contributed by atoms with Crippen LogP contribution in [0.25, 0.3) is 0 Å². The van der Waals surface area contributed by atoms with Crippen LogP contribution in [0.3, 0.4) is 0 Å². The summed E-state index contributed by atoms with van der Waals surface area (Å²) in [5.41, 5.74) is 4.02. The number of hydrogen-bond donors (Lipinski definition) is 1. The average Bonchev–Trinajstić information content (AvgIpc) is 3.01. The Morgan fingerprint density at radius 1 is 0.932 bits per heavy atom. The quantitative estimate of drug-likeness (QED) is 0.266. The van der Waals surface area contributed by atoms with Gasteiger partial charge in [0.2, 0.25) is 11.8 Å². The van der Waals surface area contributed by atoms with Gasteiger partial charge in [0, 0.05) is 12.6 Å². The van der Waals surface area contributed by atoms with Gasteiger partial charge in [-0.1, -0.05) is 62.1 Å². The van der Waals surface area contributed by atoms with E-state index in [0.29, 0.717) is 17.9 Å². The number of nitrogens with one attached hydrogen (secondary N) is 1. The summed E-state index contributed by atoms with van der Waals surface area (Å²) in [6, 6.07) is 18.6. The van der Waals surface area contributed by atoms with Crippen molar-refractivity contribution in [1.29, 1.82) is 0 Å². The molecule has 2 amide bonds. The Morgan fingerprint density at radius 2 is 1.64 bits per heavy atom. The van der Waals surface area contributed by atoms with Crippen molar-refractivity contribution in [2.75, 3.05) is 18.0 Å². The molecule has 1 aliphatic carbocycles. The first-order valence-electron chi connectivity index (χ1n) is 15.4. The molecular weight excluding hydrogens is 574 g/mol. The normalized spacial score (nSPS) is 14.5. The Labute approximate surface area is 262 Å². The molecule has 3 aromatic rings. The Balaban J connectivity index is 1.73. The predicted octanol–water partition coefficient (Wildman–Crippen LogP) is 6.07. The number of carbonyl (C=O) groups excluding carboxylic acids is 2. The molecule has 0 aliphatic heterocycles. The van der Waals surface area contributed by atoms with Gasteiger partial charge in [-0.15, -0.1) is 0 Å². The van der Waals surface area contributed by atoms with Crippen molar-refractivity contribution in [3.05, 3.63) is 89.0 Å². The van der Waals surface area contributed by atoms with Crippen molar-refractivity contribution in [1.82, 2.24) is 10.2 Å². The number of hydrogen-bond acceptors (Lipinski definition) is 5. The average molecular weight is 620 g/mol. The van der Waals surface area contributed by atoms with Crippen molar-refractivity contribution in [3.8, 4) is 5.75 Å². The van der Waals surface area contributed by atoms with Crippen LogP contribution < -0.4 is 14.4 Å². The summed E-state index contributed by atoms with van der Waals surface area (Å²) in [6.07, 6.45) is 5.51. The van der Waals surface area contributed by atoms with Crippen LogP contribution in [0.4, 0.5) is 5.69 Å². The minimum Gasteiger partial charge on any atom is -0.497 e. The lowest BCUT2D eigenvalue weighted by molar-refractivity contribution is -0.140. The van der Waals surface area contributed by atoms with Gasteiger partial charge in [0.1, 0.15) is 18.3 Å². The molecule has 3 aromatic carbocycles. The fraction of sp³-hybridized carbons (Fsp3) is 0.429. The highest BCUT2D eigenvalue weighted by Crippen LogP contribution is 2.27. The van der Waals surface area contributed by atoms with Gasteiger partial charge in [-0.3, -0.25) is 13.9 Å². The molecule has 1 N–H and O–H groups in total. The topological polar surface area (TPSA) is 96.0 Å². The van der Waals surface area contributed by atoms with E-state index in [0.717, 1.165) is 58.7 Å². The van der Waals surface area contributed by atoms with E-state index in [9.17, 15) is 18.0 Å². The zero-order valence-electron chi connectivity index (χ0n) is 26.5. The van der Waals surface area contributed by atoms with Gasteiger partial charge in [0.25, 0.3) is 10.0 Å². The van der Waals surface area contributed by atoms with Gasteiger partial charge in [0.15, 0.2) is 0 Å². The van der Waals surface area contributed by atoms with Crippen LogP contribution in [-0.4, -0.2) is 50.9 Å². The number of aryl methyl sites for hydroxylation is 3. The molecule has 1 atom stereocenters. The fourth-order valence-electron chi connectivity index (χ4n) is 5.68. The molecule has 0 radical (unpaired) electrons. The maximum absolute atomic E-state index is 14.4. The third-order valence-corrected chi connectivity index (χ3v) is 10.3. The summed E-state index contributed by atoms with van der Waals surface area (Å²) in [5.74, 6) is -0.0459. The number of carbonyl (C=O) groups is 2. The van der Waals surface area contributed by atoms with Crippen LogP contribution in [0.5, 0.6) is 5.75 Å². The number of ether oxygens (including phenoxy) is 1. The number of anilines is 1. The summed E-state index contributed by atoms with van der Waals surface area (Å²) in [5, 5.41) is 3.18. The monoisotopic (exact) mass is 619 g/mol. The van der Waals surface area contributed by atoms with Gasteiger partial charge in [-0.25, -0.2) is 8.42 Å². The molecule has 0 spiro atoms. The summed E-state index contributed by atoms with van der Waals surface area (Å²) in [7, 11) is -2.55. The highest BCUT2D eigenvalue weighted by molar-refractivity contribution is 7.92. The van der Waals surface area contributed by atoms with E-state index in [1.807, 2.05) is 58.0 Å². The lowest BCUT2D eigenvalue weighted by Crippen LogP contribution is -2.54. The number of rotatable bonds is 12. The van der Waals surface area contributed by atoms with E-state index in [2.05, 4.69) is 5.32 Å². The van der Waals surface area contributed by atoms with Gasteiger partial charge in [0.05, 0.1) is 17.7 Å². The van der Waals surface area contributed by atoms with Crippen LogP contribution in [0.2, 0.25) is 0 Å². The van der Waals surface area contributed by atoms with Crippen LogP contribution in [0.15, 0.2) is 71.6 Å². The first-order valence-corrected chi connectivity index (χ1v) is 16.9. The van der Waals surface area contributed by atoms with E-state index in [4.69, 9.17) is 4.74 Å². The fourth-order valence-corrected chi connectivity index (χ4v) is 7.08. The van der Waals surface area contributed by atoms with E-state index in [1.54, 1.807) is 43.5 Å². The van der Waals surface area contributed by atoms with E-state index < -0.39 is 28.5 Å². The predicted molar refractivity (Wildman–Crippen MR) is 174 cm³/mol. The molecule has 236 valence electrons. The third-order valence-electron chi connectivity index (χ3n) is 8.49. The van der Waals surface area contributed by atoms with Crippen molar-refractivity contribution < 1.29 is 22.7 Å². The number of amides is 2. The zero-order valence-corrected chi connectivity index (χ0v) is 27.3. The molecule has 0 saturated heterocycles. The number of benzene rings is 3. The van der Waals surface area contributed by atoms with Gasteiger partial charge in [-0.2, -0.15) is 0 Å². The molecule has 9 heteroatoms. The summed E-state index contributed by atoms with van der Waals surface area (Å²) < 4.78 is 34.8. The van der Waals surface area contributed by atoms with Crippen LogP contribution >= 0.6 is 0 Å². The number of nitrogens with zero attached hydrogens (tertiary/aromatic N) is 2. The highest BCUT2D eigenvalue weighted by Gasteiger charge is 2.34. The van der Waals surface area contributed by atoms with E-state index >= 15 is 0 Å². The van der Waals surface area contributed by atoms with Gasteiger partial charge in [-0.05, 0) is 93.1 Å². The second kappa shape index (κ2) is 14.8. The SMILES string of the molecule is CC[C@@H](C(=O)NC1CCCCC1)N(Cc1cccc(OC)c1)C(=O)CN(c1ccc(C)c(C)c1)S(=O)(=O)c1ccc(C)cc1. The van der Waals surface area contributed by atoms with E-state index in [-0.39, 0.29) is 23.4 Å². The molecular formula is C35H45N3O5S. The lowest BCUT2D eigenvalue weighted by Gasteiger charge is -2.34. The summed E-state index contributed by atoms with van der Waals surface area (Å²) in [4.78, 5) is 29.7. The van der Waals surface area contributed by atoms with Crippen LogP contribution in [0, 0.1) is 20.8 Å². The van der Waals surface area contributed by atoms with Crippen molar-refractivity contribution in [2.24, 2.45) is 0 Å². The second-order valence-electron chi connectivity index (χ2n) is 11.7. The second-order valence-corrected chi connectivity index (χ2v) is 13.6. The first-order chi connectivity index (χ1) is 21.0. The first kappa shape index (κ1) is 33.1. The van der Waals surface area contributed by atoms with Gasteiger partial charge < -0.3 is 15.0 Å². The van der Waals surface area contributed by atoms with Crippen molar-refractivity contribution >= 4 is 27.5 Å². The third kappa shape index (κ3) is 8.00. The van der Waals surface area contributed by atoms with Crippen LogP contribution in [-0.2, 0) is 26.2 Å². The molecule has 0 heterocycles. The Hall–Kier alpha value is -3.85. The highest BCUT2D eigenvalue weighted by atomic mass is 32.2. The maximum Gasteiger partial charge on any atom is 0.264 e. The molecule has 1 aliphatic rings. The molecule has 0 unspecified atom stereocenters. The molecule has 1 fully saturated rings. The standard InChI is InChI=1S/C35H45N3O5S/c1-6-33(35(40)36-29-12-8-7-9-13-29)37(23-28-11-10-14-31(22-28)43-5)34(39)24-38(30-18-17-26(3)27(4)21-30)44(41,42)32-19-15-25(2)16-20-32/h10-11,14-22,29,33H,6-9,12-13,23-24H2,1-5H3,(H,36,40)/t33-/m0/s1. The molecule has 4 rings (SSSR count). The Bertz CT molecular complexity index is 1550. The van der Waals surface area contributed by atoms with Crippen LogP contribution in [0.1, 0.15) is 67.7 Å². The molecule has 0 aromatic heterocycles.